The van der Waals surface area contributed by atoms with Crippen molar-refractivity contribution >= 4 is 11.8 Å². The molecule has 0 heterocycles. The molecule has 1 N–H and O–H groups in total. The predicted molar refractivity (Wildman–Crippen MR) is 116 cm³/mol. The molecule has 156 valence electrons. The molecule has 1 atom stereocenters. The number of nitrogens with one attached hydrogen (secondary N) is 1. The van der Waals surface area contributed by atoms with Crippen molar-refractivity contribution < 1.29 is 14.3 Å². The molecule has 0 aromatic heterocycles. The van der Waals surface area contributed by atoms with Crippen LogP contribution >= 0.6 is 0 Å². The van der Waals surface area contributed by atoms with Crippen LogP contribution in [0.25, 0.3) is 0 Å². The Morgan fingerprint density at radius 2 is 1.69 bits per heavy atom. The molecular weight excluding hydrogens is 364 g/mol. The van der Waals surface area contributed by atoms with Crippen LogP contribution in [0.4, 0.5) is 0 Å². The van der Waals surface area contributed by atoms with Gasteiger partial charge < -0.3 is 15.0 Å². The number of ether oxygens (including phenoxy) is 1. The second-order valence-electron chi connectivity index (χ2n) is 7.21. The lowest BCUT2D eigenvalue weighted by atomic mass is 10.1. The number of rotatable bonds is 11. The molecule has 0 aliphatic rings. The van der Waals surface area contributed by atoms with Gasteiger partial charge >= 0.3 is 0 Å². The fourth-order valence-corrected chi connectivity index (χ4v) is 3.12. The maximum Gasteiger partial charge on any atom is 0.242 e. The molecule has 5 heteroatoms. The van der Waals surface area contributed by atoms with Gasteiger partial charge in [-0.1, -0.05) is 62.2 Å². The summed E-state index contributed by atoms with van der Waals surface area (Å²) >= 11 is 0. The van der Waals surface area contributed by atoms with E-state index in [4.69, 9.17) is 4.74 Å². The molecule has 0 saturated heterocycles. The lowest BCUT2D eigenvalue weighted by Gasteiger charge is -2.29. The zero-order valence-electron chi connectivity index (χ0n) is 17.7. The number of nitrogens with zero attached hydrogens (tertiary/aromatic N) is 1. The normalized spacial score (nSPS) is 11.6. The van der Waals surface area contributed by atoms with E-state index in [1.54, 1.807) is 18.9 Å². The van der Waals surface area contributed by atoms with Crippen LogP contribution in [0.2, 0.25) is 0 Å². The van der Waals surface area contributed by atoms with Gasteiger partial charge in [-0.2, -0.15) is 0 Å². The Balaban J connectivity index is 2.12. The highest BCUT2D eigenvalue weighted by Gasteiger charge is 2.26. The zero-order valence-corrected chi connectivity index (χ0v) is 17.7. The smallest absolute Gasteiger partial charge is 0.242 e. The Morgan fingerprint density at radius 3 is 2.31 bits per heavy atom. The summed E-state index contributed by atoms with van der Waals surface area (Å²) in [4.78, 5) is 27.4. The van der Waals surface area contributed by atoms with Gasteiger partial charge in [0, 0.05) is 13.1 Å². The van der Waals surface area contributed by atoms with Crippen LogP contribution in [0.15, 0.2) is 54.6 Å². The molecule has 2 rings (SSSR count). The van der Waals surface area contributed by atoms with E-state index < -0.39 is 6.04 Å². The van der Waals surface area contributed by atoms with Crippen LogP contribution < -0.4 is 10.1 Å². The number of hydrogen-bond acceptors (Lipinski definition) is 3. The lowest BCUT2D eigenvalue weighted by Crippen LogP contribution is -2.48. The standard InChI is InChI=1S/C24H32N2O3/c1-4-5-9-16-25-24(28)19(2)26(18-21-12-14-22(29-3)15-13-21)23(27)17-20-10-7-6-8-11-20/h6-8,10-15,19H,4-5,9,16-18H2,1-3H3,(H,25,28)/t19-/m0/s1. The first-order chi connectivity index (χ1) is 14.0. The number of hydrogen-bond donors (Lipinski definition) is 1. The number of carbonyl (C=O) groups is 2. The highest BCUT2D eigenvalue weighted by atomic mass is 16.5. The van der Waals surface area contributed by atoms with Crippen molar-refractivity contribution in [2.75, 3.05) is 13.7 Å². The maximum absolute atomic E-state index is 13.1. The lowest BCUT2D eigenvalue weighted by molar-refractivity contribution is -0.140. The quantitative estimate of drug-likeness (QED) is 0.585. The summed E-state index contributed by atoms with van der Waals surface area (Å²) in [6.07, 6.45) is 3.40. The summed E-state index contributed by atoms with van der Waals surface area (Å²) in [5, 5.41) is 2.97. The number of methoxy groups -OCH3 is 1. The Labute approximate surface area is 174 Å². The Hall–Kier alpha value is -2.82. The van der Waals surface area contributed by atoms with Crippen molar-refractivity contribution in [2.24, 2.45) is 0 Å². The van der Waals surface area contributed by atoms with Gasteiger partial charge in [-0.3, -0.25) is 9.59 Å². The highest BCUT2D eigenvalue weighted by Crippen LogP contribution is 2.16. The van der Waals surface area contributed by atoms with Gasteiger partial charge in [0.1, 0.15) is 11.8 Å². The van der Waals surface area contributed by atoms with E-state index in [9.17, 15) is 9.59 Å². The first-order valence-electron chi connectivity index (χ1n) is 10.3. The Kier molecular flexibility index (Phi) is 9.22. The van der Waals surface area contributed by atoms with E-state index in [2.05, 4.69) is 12.2 Å². The van der Waals surface area contributed by atoms with Gasteiger partial charge in [0.15, 0.2) is 0 Å². The van der Waals surface area contributed by atoms with Gasteiger partial charge in [0.05, 0.1) is 13.5 Å². The highest BCUT2D eigenvalue weighted by molar-refractivity contribution is 5.88. The second-order valence-corrected chi connectivity index (χ2v) is 7.21. The molecule has 5 nitrogen and oxygen atoms in total. The van der Waals surface area contributed by atoms with Crippen LogP contribution in [-0.4, -0.2) is 36.4 Å². The van der Waals surface area contributed by atoms with E-state index in [0.29, 0.717) is 13.1 Å². The number of unbranched alkanes of at least 4 members (excludes halogenated alkanes) is 2. The van der Waals surface area contributed by atoms with Crippen LogP contribution in [0.3, 0.4) is 0 Å². The molecular formula is C24H32N2O3. The molecule has 0 spiro atoms. The molecule has 0 aliphatic heterocycles. The van der Waals surface area contributed by atoms with Gasteiger partial charge in [0.25, 0.3) is 0 Å². The summed E-state index contributed by atoms with van der Waals surface area (Å²) < 4.78 is 5.21. The maximum atomic E-state index is 13.1. The van der Waals surface area contributed by atoms with Gasteiger partial charge in [-0.15, -0.1) is 0 Å². The molecule has 2 aromatic carbocycles. The van der Waals surface area contributed by atoms with Crippen LogP contribution in [0.5, 0.6) is 5.75 Å². The summed E-state index contributed by atoms with van der Waals surface area (Å²) in [5.74, 6) is 0.580. The molecule has 0 unspecified atom stereocenters. The third kappa shape index (κ3) is 7.26. The van der Waals surface area contributed by atoms with E-state index in [0.717, 1.165) is 36.1 Å². The van der Waals surface area contributed by atoms with Gasteiger partial charge in [0.2, 0.25) is 11.8 Å². The summed E-state index contributed by atoms with van der Waals surface area (Å²) in [7, 11) is 1.62. The van der Waals surface area contributed by atoms with Crippen molar-refractivity contribution in [3.63, 3.8) is 0 Å². The minimum atomic E-state index is -0.546. The summed E-state index contributed by atoms with van der Waals surface area (Å²) in [5.41, 5.74) is 1.89. The molecule has 2 aromatic rings. The SMILES string of the molecule is CCCCCNC(=O)[C@H](C)N(Cc1ccc(OC)cc1)C(=O)Cc1ccccc1. The Morgan fingerprint density at radius 1 is 1.00 bits per heavy atom. The van der Waals surface area contributed by atoms with Crippen molar-refractivity contribution in [1.82, 2.24) is 10.2 Å². The van der Waals surface area contributed by atoms with Crippen LogP contribution in [0, 0.1) is 0 Å². The van der Waals surface area contributed by atoms with Crippen molar-refractivity contribution in [3.8, 4) is 5.75 Å². The van der Waals surface area contributed by atoms with Crippen LogP contribution in [-0.2, 0) is 22.6 Å². The minimum Gasteiger partial charge on any atom is -0.497 e. The second kappa shape index (κ2) is 11.9. The average molecular weight is 397 g/mol. The average Bonchev–Trinajstić information content (AvgIpc) is 2.75. The topological polar surface area (TPSA) is 58.6 Å². The van der Waals surface area contributed by atoms with E-state index in [-0.39, 0.29) is 18.2 Å². The monoisotopic (exact) mass is 396 g/mol. The minimum absolute atomic E-state index is 0.0665. The van der Waals surface area contributed by atoms with Crippen molar-refractivity contribution in [2.45, 2.75) is 52.1 Å². The predicted octanol–water partition coefficient (Wildman–Crippen LogP) is 3.96. The fraction of sp³-hybridized carbons (Fsp3) is 0.417. The van der Waals surface area contributed by atoms with Crippen molar-refractivity contribution in [1.29, 1.82) is 0 Å². The molecule has 0 fully saturated rings. The zero-order chi connectivity index (χ0) is 21.1. The summed E-state index contributed by atoms with van der Waals surface area (Å²) in [6, 6.07) is 16.7. The molecule has 29 heavy (non-hydrogen) atoms. The fourth-order valence-electron chi connectivity index (χ4n) is 3.12. The first kappa shape index (κ1) is 22.5. The van der Waals surface area contributed by atoms with Crippen LogP contribution in [0.1, 0.15) is 44.2 Å². The molecule has 0 saturated carbocycles. The van der Waals surface area contributed by atoms with Gasteiger partial charge in [-0.05, 0) is 36.6 Å². The van der Waals surface area contributed by atoms with E-state index in [1.807, 2.05) is 54.6 Å². The largest absolute Gasteiger partial charge is 0.497 e. The molecule has 0 bridgehead atoms. The van der Waals surface area contributed by atoms with E-state index >= 15 is 0 Å². The Bertz CT molecular complexity index is 759. The molecule has 0 aliphatic carbocycles. The van der Waals surface area contributed by atoms with Gasteiger partial charge in [-0.25, -0.2) is 0 Å². The van der Waals surface area contributed by atoms with E-state index in [1.165, 1.54) is 0 Å². The number of amides is 2. The summed E-state index contributed by atoms with van der Waals surface area (Å²) in [6.45, 7) is 4.93. The molecule has 0 radical (unpaired) electrons. The van der Waals surface area contributed by atoms with Crippen molar-refractivity contribution in [3.05, 3.63) is 65.7 Å². The molecule has 2 amide bonds. The number of carbonyl (C=O) groups excluding carboxylic acids is 2. The number of benzene rings is 2. The third-order valence-electron chi connectivity index (χ3n) is 4.96. The third-order valence-corrected chi connectivity index (χ3v) is 4.96. The first-order valence-corrected chi connectivity index (χ1v) is 10.3.